The van der Waals surface area contributed by atoms with Gasteiger partial charge in [0.1, 0.15) is 0 Å². The molecule has 0 aliphatic heterocycles. The van der Waals surface area contributed by atoms with Crippen molar-refractivity contribution in [2.45, 2.75) is 26.7 Å². The van der Waals surface area contributed by atoms with E-state index in [4.69, 9.17) is 0 Å². The normalized spacial score (nSPS) is 11.5. The molecule has 2 amide bonds. The molecule has 31 heavy (non-hydrogen) atoms. The molecule has 2 N–H and O–H groups in total. The summed E-state index contributed by atoms with van der Waals surface area (Å²) in [6.07, 6.45) is 0. The molecule has 3 aromatic rings. The average Bonchev–Trinajstić information content (AvgIpc) is 2.79. The fourth-order valence-corrected chi connectivity index (χ4v) is 3.16. The molecule has 0 aliphatic rings. The summed E-state index contributed by atoms with van der Waals surface area (Å²) in [6.45, 7) is 5.51. The lowest BCUT2D eigenvalue weighted by atomic mass is 9.91. The molecule has 158 valence electrons. The van der Waals surface area contributed by atoms with Gasteiger partial charge in [0.2, 0.25) is 5.91 Å². The van der Waals surface area contributed by atoms with E-state index >= 15 is 0 Å². The number of hydrogen-bond donors (Lipinski definition) is 2. The summed E-state index contributed by atoms with van der Waals surface area (Å²) in [6, 6.07) is 26.7. The summed E-state index contributed by atoms with van der Waals surface area (Å²) in [4.78, 5) is 25.0. The zero-order valence-electron chi connectivity index (χ0n) is 18.0. The predicted octanol–water partition coefficient (Wildman–Crippen LogP) is 4.95. The Bertz CT molecular complexity index is 1020. The molecule has 5 nitrogen and oxygen atoms in total. The number of benzene rings is 3. The fourth-order valence-electron chi connectivity index (χ4n) is 3.16. The summed E-state index contributed by atoms with van der Waals surface area (Å²) in [5.41, 5.74) is 6.68. The highest BCUT2D eigenvalue weighted by Gasteiger charge is 2.22. The van der Waals surface area contributed by atoms with Crippen molar-refractivity contribution in [3.8, 4) is 0 Å². The van der Waals surface area contributed by atoms with Crippen LogP contribution in [0, 0.1) is 5.92 Å². The van der Waals surface area contributed by atoms with Crippen molar-refractivity contribution >= 4 is 23.2 Å². The maximum absolute atomic E-state index is 13.1. The van der Waals surface area contributed by atoms with Gasteiger partial charge in [-0.2, -0.15) is 5.10 Å². The Balaban J connectivity index is 1.79. The molecule has 0 aliphatic carbocycles. The van der Waals surface area contributed by atoms with Crippen molar-refractivity contribution in [2.75, 3.05) is 5.32 Å². The molecule has 0 saturated heterocycles. The van der Waals surface area contributed by atoms with Crippen LogP contribution in [0.15, 0.2) is 90.0 Å². The average molecular weight is 414 g/mol. The number of anilines is 1. The summed E-state index contributed by atoms with van der Waals surface area (Å²) >= 11 is 0. The molecule has 0 radical (unpaired) electrons. The second kappa shape index (κ2) is 10.3. The van der Waals surface area contributed by atoms with Crippen molar-refractivity contribution in [3.63, 3.8) is 0 Å². The van der Waals surface area contributed by atoms with E-state index in [-0.39, 0.29) is 17.7 Å². The molecule has 0 saturated carbocycles. The highest BCUT2D eigenvalue weighted by molar-refractivity contribution is 6.01. The predicted molar refractivity (Wildman–Crippen MR) is 125 cm³/mol. The smallest absolute Gasteiger partial charge is 0.252 e. The van der Waals surface area contributed by atoms with Crippen LogP contribution >= 0.6 is 0 Å². The Morgan fingerprint density at radius 3 is 1.90 bits per heavy atom. The Morgan fingerprint density at radius 1 is 0.774 bits per heavy atom. The van der Waals surface area contributed by atoms with E-state index in [0.717, 1.165) is 16.7 Å². The zero-order chi connectivity index (χ0) is 22.2. The third-order valence-corrected chi connectivity index (χ3v) is 4.93. The third-order valence-electron chi connectivity index (χ3n) is 4.93. The minimum absolute atomic E-state index is 0.0476. The number of hydrazone groups is 1. The highest BCUT2D eigenvalue weighted by Crippen LogP contribution is 2.24. The van der Waals surface area contributed by atoms with Crippen molar-refractivity contribution in [3.05, 3.63) is 102 Å². The molecular formula is C26H27N3O2. The van der Waals surface area contributed by atoms with Gasteiger partial charge in [-0.05, 0) is 35.7 Å². The van der Waals surface area contributed by atoms with Gasteiger partial charge in [-0.15, -0.1) is 0 Å². The first-order valence-corrected chi connectivity index (χ1v) is 10.3. The minimum Gasteiger partial charge on any atom is -0.326 e. The fraction of sp³-hybridized carbons (Fsp3) is 0.192. The van der Waals surface area contributed by atoms with E-state index in [2.05, 4.69) is 15.8 Å². The van der Waals surface area contributed by atoms with Crippen LogP contribution in [0.1, 0.15) is 43.4 Å². The zero-order valence-corrected chi connectivity index (χ0v) is 18.0. The molecule has 0 aromatic heterocycles. The maximum Gasteiger partial charge on any atom is 0.252 e. The first-order valence-electron chi connectivity index (χ1n) is 10.3. The molecule has 0 atom stereocenters. The number of rotatable bonds is 7. The van der Waals surface area contributed by atoms with E-state index in [1.54, 1.807) is 0 Å². The number of hydrogen-bond acceptors (Lipinski definition) is 3. The molecular weight excluding hydrogens is 386 g/mol. The SMILES string of the molecule is C/C(=N/NC(=O)C(c1ccccc1)c1ccccc1)c1cccc(NC(=O)C(C)C)c1. The minimum atomic E-state index is -0.462. The van der Waals surface area contributed by atoms with Gasteiger partial charge < -0.3 is 5.32 Å². The number of amides is 2. The monoisotopic (exact) mass is 413 g/mol. The van der Waals surface area contributed by atoms with Gasteiger partial charge in [0.05, 0.1) is 11.6 Å². The third kappa shape index (κ3) is 5.89. The summed E-state index contributed by atoms with van der Waals surface area (Å²) in [5, 5.41) is 7.21. The number of nitrogens with one attached hydrogen (secondary N) is 2. The van der Waals surface area contributed by atoms with Gasteiger partial charge in [-0.1, -0.05) is 86.6 Å². The first kappa shape index (κ1) is 22.0. The van der Waals surface area contributed by atoms with Crippen LogP contribution in [0.4, 0.5) is 5.69 Å². The lowest BCUT2D eigenvalue weighted by molar-refractivity contribution is -0.121. The van der Waals surface area contributed by atoms with Gasteiger partial charge in [0, 0.05) is 11.6 Å². The standard InChI is InChI=1S/C26H27N3O2/c1-18(2)25(30)27-23-16-10-15-22(17-23)19(3)28-29-26(31)24(20-11-6-4-7-12-20)21-13-8-5-9-14-21/h4-18,24H,1-3H3,(H,27,30)(H,29,31)/b28-19-. The van der Waals surface area contributed by atoms with Crippen molar-refractivity contribution in [1.82, 2.24) is 5.43 Å². The van der Waals surface area contributed by atoms with Crippen LogP contribution in [0.25, 0.3) is 0 Å². The molecule has 0 bridgehead atoms. The van der Waals surface area contributed by atoms with E-state index < -0.39 is 5.92 Å². The first-order chi connectivity index (χ1) is 15.0. The summed E-state index contributed by atoms with van der Waals surface area (Å²) in [5.74, 6) is -0.823. The van der Waals surface area contributed by atoms with Crippen LogP contribution in [-0.2, 0) is 9.59 Å². The topological polar surface area (TPSA) is 70.6 Å². The van der Waals surface area contributed by atoms with Gasteiger partial charge in [0.15, 0.2) is 0 Å². The van der Waals surface area contributed by atoms with Gasteiger partial charge in [0.25, 0.3) is 5.91 Å². The van der Waals surface area contributed by atoms with Gasteiger partial charge in [-0.25, -0.2) is 5.43 Å². The maximum atomic E-state index is 13.1. The van der Waals surface area contributed by atoms with E-state index in [1.165, 1.54) is 0 Å². The van der Waals surface area contributed by atoms with Crippen LogP contribution in [-0.4, -0.2) is 17.5 Å². The van der Waals surface area contributed by atoms with Crippen LogP contribution in [0.2, 0.25) is 0 Å². The molecule has 5 heteroatoms. The molecule has 0 fully saturated rings. The van der Waals surface area contributed by atoms with Gasteiger partial charge in [-0.3, -0.25) is 9.59 Å². The second-order valence-electron chi connectivity index (χ2n) is 7.65. The number of nitrogens with zero attached hydrogens (tertiary/aromatic N) is 1. The molecule has 0 unspecified atom stereocenters. The largest absolute Gasteiger partial charge is 0.326 e. The number of carbonyl (C=O) groups excluding carboxylic acids is 2. The Hall–Kier alpha value is -3.73. The van der Waals surface area contributed by atoms with E-state index in [1.807, 2.05) is 106 Å². The second-order valence-corrected chi connectivity index (χ2v) is 7.65. The Kier molecular flexibility index (Phi) is 7.33. The van der Waals surface area contributed by atoms with Crippen molar-refractivity contribution < 1.29 is 9.59 Å². The van der Waals surface area contributed by atoms with Crippen molar-refractivity contribution in [1.29, 1.82) is 0 Å². The van der Waals surface area contributed by atoms with E-state index in [9.17, 15) is 9.59 Å². The van der Waals surface area contributed by atoms with Gasteiger partial charge >= 0.3 is 0 Å². The lowest BCUT2D eigenvalue weighted by Crippen LogP contribution is -2.27. The quantitative estimate of drug-likeness (QED) is 0.425. The Morgan fingerprint density at radius 2 is 1.35 bits per heavy atom. The highest BCUT2D eigenvalue weighted by atomic mass is 16.2. The summed E-state index contributed by atoms with van der Waals surface area (Å²) in [7, 11) is 0. The van der Waals surface area contributed by atoms with Crippen molar-refractivity contribution in [2.24, 2.45) is 11.0 Å². The van der Waals surface area contributed by atoms with Crippen LogP contribution < -0.4 is 10.7 Å². The molecule has 0 heterocycles. The number of carbonyl (C=O) groups is 2. The van der Waals surface area contributed by atoms with E-state index in [0.29, 0.717) is 11.4 Å². The lowest BCUT2D eigenvalue weighted by Gasteiger charge is -2.16. The Labute approximate surface area is 183 Å². The molecule has 3 rings (SSSR count). The van der Waals surface area contributed by atoms with Crippen LogP contribution in [0.5, 0.6) is 0 Å². The van der Waals surface area contributed by atoms with Crippen LogP contribution in [0.3, 0.4) is 0 Å². The summed E-state index contributed by atoms with van der Waals surface area (Å²) < 4.78 is 0. The molecule has 0 spiro atoms. The molecule has 3 aromatic carbocycles.